The molecule has 0 bridgehead atoms. The van der Waals surface area contributed by atoms with Crippen molar-refractivity contribution in [3.8, 4) is 22.9 Å². The van der Waals surface area contributed by atoms with E-state index in [9.17, 15) is 9.59 Å². The third kappa shape index (κ3) is 4.24. The zero-order valence-corrected chi connectivity index (χ0v) is 22.9. The van der Waals surface area contributed by atoms with Crippen molar-refractivity contribution in [3.05, 3.63) is 81.7 Å². The van der Waals surface area contributed by atoms with Gasteiger partial charge in [0.25, 0.3) is 11.5 Å². The van der Waals surface area contributed by atoms with Gasteiger partial charge in [-0.05, 0) is 43.3 Å². The summed E-state index contributed by atoms with van der Waals surface area (Å²) >= 11 is 6.39. The van der Waals surface area contributed by atoms with Gasteiger partial charge in [-0.25, -0.2) is 0 Å². The summed E-state index contributed by atoms with van der Waals surface area (Å²) in [5.41, 5.74) is 1.78. The minimum absolute atomic E-state index is 0.111. The van der Waals surface area contributed by atoms with Crippen LogP contribution in [-0.4, -0.2) is 48.1 Å². The molecule has 0 atom stereocenters. The fourth-order valence-corrected chi connectivity index (χ4v) is 5.10. The minimum atomic E-state index is -0.404. The molecule has 0 unspecified atom stereocenters. The number of hydrogen-bond donors (Lipinski definition) is 0. The van der Waals surface area contributed by atoms with Crippen LogP contribution in [0.5, 0.6) is 17.2 Å². The lowest BCUT2D eigenvalue weighted by molar-refractivity contribution is 0.0983. The van der Waals surface area contributed by atoms with E-state index in [2.05, 4.69) is 5.10 Å². The Morgan fingerprint density at radius 2 is 1.69 bits per heavy atom. The van der Waals surface area contributed by atoms with Crippen LogP contribution in [-0.2, 0) is 7.05 Å². The molecule has 0 saturated carbocycles. The Morgan fingerprint density at radius 1 is 0.974 bits per heavy atom. The largest absolute Gasteiger partial charge is 0.497 e. The fraction of sp³-hybridized carbons (Fsp3) is 0.207. The van der Waals surface area contributed by atoms with Gasteiger partial charge < -0.3 is 23.7 Å². The van der Waals surface area contributed by atoms with E-state index in [-0.39, 0.29) is 11.3 Å². The Balaban J connectivity index is 1.83. The molecule has 2 heterocycles. The number of carbonyl (C=O) groups excluding carboxylic acids is 1. The van der Waals surface area contributed by atoms with E-state index in [0.29, 0.717) is 51.1 Å². The van der Waals surface area contributed by atoms with Crippen molar-refractivity contribution in [1.82, 2.24) is 14.3 Å². The number of rotatable bonds is 7. The zero-order chi connectivity index (χ0) is 27.8. The molecule has 0 fully saturated rings. The van der Waals surface area contributed by atoms with Crippen LogP contribution in [0.1, 0.15) is 17.4 Å². The number of anilines is 1. The highest BCUT2D eigenvalue weighted by molar-refractivity contribution is 6.32. The lowest BCUT2D eigenvalue weighted by Gasteiger charge is -2.24. The van der Waals surface area contributed by atoms with Gasteiger partial charge >= 0.3 is 0 Å². The smallest absolute Gasteiger partial charge is 0.296 e. The fourth-order valence-electron chi connectivity index (χ4n) is 4.85. The first-order valence-corrected chi connectivity index (χ1v) is 12.6. The van der Waals surface area contributed by atoms with Gasteiger partial charge in [0, 0.05) is 35.9 Å². The number of halogens is 1. The molecule has 10 heteroatoms. The summed E-state index contributed by atoms with van der Waals surface area (Å²) in [6, 6.07) is 17.7. The normalized spacial score (nSPS) is 11.1. The number of hydrogen-bond acceptors (Lipinski definition) is 6. The van der Waals surface area contributed by atoms with Gasteiger partial charge in [-0.2, -0.15) is 9.78 Å². The second-order valence-electron chi connectivity index (χ2n) is 8.77. The van der Waals surface area contributed by atoms with Crippen LogP contribution in [0.2, 0.25) is 5.02 Å². The van der Waals surface area contributed by atoms with Crippen LogP contribution in [0.4, 0.5) is 5.69 Å². The zero-order valence-electron chi connectivity index (χ0n) is 22.2. The van der Waals surface area contributed by atoms with Crippen LogP contribution < -0.4 is 24.7 Å². The molecule has 0 radical (unpaired) electrons. The van der Waals surface area contributed by atoms with Crippen molar-refractivity contribution >= 4 is 45.0 Å². The molecular formula is C29H27ClN4O5. The Labute approximate surface area is 229 Å². The Hall–Kier alpha value is -4.50. The van der Waals surface area contributed by atoms with Gasteiger partial charge in [-0.15, -0.1) is 0 Å². The van der Waals surface area contributed by atoms with Crippen molar-refractivity contribution in [2.24, 2.45) is 7.05 Å². The van der Waals surface area contributed by atoms with Crippen molar-refractivity contribution in [3.63, 3.8) is 0 Å². The number of methoxy groups -OCH3 is 3. The number of fused-ring (bicyclic) bond motifs is 3. The highest BCUT2D eigenvalue weighted by Crippen LogP contribution is 2.35. The second-order valence-corrected chi connectivity index (χ2v) is 9.18. The standard InChI is InChI=1S/C29H27ClN4O5/c1-6-33(22-16-18(37-3)12-14-24(22)39-5)28(35)26-25-19-9-7-8-10-21(19)32(2)27(25)29(36)34(31-26)17-11-13-23(38-4)20(30)15-17/h7-16H,6H2,1-5H3. The molecule has 5 rings (SSSR count). The maximum absolute atomic E-state index is 14.4. The Kier molecular flexibility index (Phi) is 6.93. The molecule has 0 spiro atoms. The van der Waals surface area contributed by atoms with Gasteiger partial charge in [-0.3, -0.25) is 9.59 Å². The van der Waals surface area contributed by atoms with E-state index < -0.39 is 5.91 Å². The van der Waals surface area contributed by atoms with Crippen molar-refractivity contribution in [1.29, 1.82) is 0 Å². The molecule has 0 aliphatic rings. The Morgan fingerprint density at radius 3 is 2.36 bits per heavy atom. The van der Waals surface area contributed by atoms with Crippen LogP contribution in [0, 0.1) is 0 Å². The van der Waals surface area contributed by atoms with E-state index in [1.165, 1.54) is 11.8 Å². The maximum atomic E-state index is 14.4. The molecule has 9 nitrogen and oxygen atoms in total. The minimum Gasteiger partial charge on any atom is -0.497 e. The Bertz CT molecular complexity index is 1790. The number of nitrogens with zero attached hydrogens (tertiary/aromatic N) is 4. The van der Waals surface area contributed by atoms with Crippen LogP contribution in [0.3, 0.4) is 0 Å². The summed E-state index contributed by atoms with van der Waals surface area (Å²) in [5.74, 6) is 1.12. The molecule has 39 heavy (non-hydrogen) atoms. The average Bonchev–Trinajstić information content (AvgIpc) is 3.26. The molecular weight excluding hydrogens is 520 g/mol. The first kappa shape index (κ1) is 26.1. The van der Waals surface area contributed by atoms with E-state index >= 15 is 0 Å². The van der Waals surface area contributed by atoms with Gasteiger partial charge in [0.15, 0.2) is 5.69 Å². The number of amides is 1. The molecule has 0 saturated heterocycles. The van der Waals surface area contributed by atoms with Crippen molar-refractivity contribution < 1.29 is 19.0 Å². The molecule has 3 aromatic carbocycles. The lowest BCUT2D eigenvalue weighted by Crippen LogP contribution is -2.34. The quantitative estimate of drug-likeness (QED) is 0.278. The monoisotopic (exact) mass is 546 g/mol. The predicted octanol–water partition coefficient (Wildman–Crippen LogP) is 5.22. The number of benzene rings is 3. The number of ether oxygens (including phenoxy) is 3. The first-order chi connectivity index (χ1) is 18.8. The summed E-state index contributed by atoms with van der Waals surface area (Å²) in [4.78, 5) is 29.8. The summed E-state index contributed by atoms with van der Waals surface area (Å²) in [6.45, 7) is 2.17. The third-order valence-corrected chi connectivity index (χ3v) is 7.05. The van der Waals surface area contributed by atoms with Gasteiger partial charge in [-0.1, -0.05) is 29.8 Å². The molecule has 0 N–H and O–H groups in total. The average molecular weight is 547 g/mol. The van der Waals surface area contributed by atoms with Crippen LogP contribution >= 0.6 is 11.6 Å². The number of aryl methyl sites for hydroxylation is 1. The molecule has 5 aromatic rings. The van der Waals surface area contributed by atoms with E-state index in [1.807, 2.05) is 31.2 Å². The molecule has 1 amide bonds. The highest BCUT2D eigenvalue weighted by atomic mass is 35.5. The van der Waals surface area contributed by atoms with Gasteiger partial charge in [0.05, 0.1) is 37.7 Å². The third-order valence-electron chi connectivity index (χ3n) is 6.76. The summed E-state index contributed by atoms with van der Waals surface area (Å²) in [6.07, 6.45) is 0. The van der Waals surface area contributed by atoms with Crippen molar-refractivity contribution in [2.45, 2.75) is 6.92 Å². The maximum Gasteiger partial charge on any atom is 0.296 e. The van der Waals surface area contributed by atoms with E-state index in [4.69, 9.17) is 25.8 Å². The van der Waals surface area contributed by atoms with Crippen molar-refractivity contribution in [2.75, 3.05) is 32.8 Å². The summed E-state index contributed by atoms with van der Waals surface area (Å²) in [5, 5.41) is 6.18. The number of para-hydroxylation sites is 1. The van der Waals surface area contributed by atoms with Crippen LogP contribution in [0.15, 0.2) is 65.5 Å². The summed E-state index contributed by atoms with van der Waals surface area (Å²) < 4.78 is 19.2. The molecule has 0 aliphatic heterocycles. The number of carbonyl (C=O) groups is 1. The van der Waals surface area contributed by atoms with Gasteiger partial charge in [0.2, 0.25) is 0 Å². The summed E-state index contributed by atoms with van der Waals surface area (Å²) in [7, 11) is 6.41. The molecule has 200 valence electrons. The first-order valence-electron chi connectivity index (χ1n) is 12.2. The van der Waals surface area contributed by atoms with Gasteiger partial charge in [0.1, 0.15) is 22.8 Å². The molecule has 2 aromatic heterocycles. The second kappa shape index (κ2) is 10.3. The molecule has 0 aliphatic carbocycles. The SMILES string of the molecule is CCN(C(=O)c1nn(-c2ccc(OC)c(Cl)c2)c(=O)c2c1c1ccccc1n2C)c1cc(OC)ccc1OC. The van der Waals surface area contributed by atoms with Crippen LogP contribution in [0.25, 0.3) is 27.5 Å². The highest BCUT2D eigenvalue weighted by Gasteiger charge is 2.28. The lowest BCUT2D eigenvalue weighted by atomic mass is 10.1. The number of aromatic nitrogens is 3. The van der Waals surface area contributed by atoms with E-state index in [1.54, 1.807) is 67.1 Å². The van der Waals surface area contributed by atoms with E-state index in [0.717, 1.165) is 10.9 Å². The predicted molar refractivity (Wildman–Crippen MR) is 152 cm³/mol. The topological polar surface area (TPSA) is 87.8 Å².